The summed E-state index contributed by atoms with van der Waals surface area (Å²) in [6.07, 6.45) is 0. The fourth-order valence-electron chi connectivity index (χ4n) is 2.69. The van der Waals surface area contributed by atoms with Crippen LogP contribution in [0.4, 0.5) is 0 Å². The fourth-order valence-corrected chi connectivity index (χ4v) is 3.57. The highest BCUT2D eigenvalue weighted by Gasteiger charge is 2.19. The summed E-state index contributed by atoms with van der Waals surface area (Å²) in [5, 5.41) is 2.95. The number of amides is 1. The predicted octanol–water partition coefficient (Wildman–Crippen LogP) is 4.22. The summed E-state index contributed by atoms with van der Waals surface area (Å²) >= 11 is 4.61. The zero-order valence-electron chi connectivity index (χ0n) is 15.2. The molecule has 0 bridgehead atoms. The van der Waals surface area contributed by atoms with Gasteiger partial charge in [0.2, 0.25) is 5.91 Å². The van der Waals surface area contributed by atoms with E-state index in [2.05, 4.69) is 56.6 Å². The van der Waals surface area contributed by atoms with Gasteiger partial charge >= 0.3 is 5.97 Å². The average Bonchev–Trinajstić information content (AvgIpc) is 2.71. The number of esters is 1. The molecular formula is C20H22I2N2O3. The van der Waals surface area contributed by atoms with Crippen molar-refractivity contribution in [2.24, 2.45) is 5.73 Å². The molecule has 27 heavy (non-hydrogen) atoms. The Kier molecular flexibility index (Phi) is 8.49. The highest BCUT2D eigenvalue weighted by atomic mass is 127. The number of hydrogen-bond acceptors (Lipinski definition) is 4. The molecule has 144 valence electrons. The van der Waals surface area contributed by atoms with Crippen molar-refractivity contribution in [3.8, 4) is 0 Å². The largest absolute Gasteiger partial charge is 0.465 e. The van der Waals surface area contributed by atoms with Crippen LogP contribution in [0.1, 0.15) is 51.6 Å². The quantitative estimate of drug-likeness (QED) is 0.287. The van der Waals surface area contributed by atoms with Crippen LogP contribution in [-0.4, -0.2) is 19.0 Å². The molecule has 7 heteroatoms. The second-order valence-electron chi connectivity index (χ2n) is 6.17. The van der Waals surface area contributed by atoms with E-state index in [1.807, 2.05) is 19.1 Å². The van der Waals surface area contributed by atoms with Crippen molar-refractivity contribution in [2.45, 2.75) is 27.9 Å². The molecule has 0 heterocycles. The van der Waals surface area contributed by atoms with Crippen LogP contribution in [0.5, 0.6) is 0 Å². The van der Waals surface area contributed by atoms with Crippen LogP contribution in [0.2, 0.25) is 0 Å². The topological polar surface area (TPSA) is 81.4 Å². The SMILES string of the molecule is COC(=O)c1ccc([C@@H](C)NC(=O)C(N)c2cc(CI)cc(CI)c2)cc1. The number of benzene rings is 2. The molecule has 2 rings (SSSR count). The molecule has 2 aromatic rings. The summed E-state index contributed by atoms with van der Waals surface area (Å²) in [5.74, 6) is -0.619. The van der Waals surface area contributed by atoms with Crippen LogP contribution in [0.15, 0.2) is 42.5 Å². The van der Waals surface area contributed by atoms with E-state index in [1.54, 1.807) is 24.3 Å². The Hall–Kier alpha value is -1.20. The number of ether oxygens (including phenoxy) is 1. The Morgan fingerprint density at radius 1 is 1.04 bits per heavy atom. The zero-order valence-corrected chi connectivity index (χ0v) is 19.5. The normalized spacial score (nSPS) is 12.9. The maximum atomic E-state index is 12.6. The van der Waals surface area contributed by atoms with Gasteiger partial charge in [-0.3, -0.25) is 4.79 Å². The van der Waals surface area contributed by atoms with E-state index in [0.29, 0.717) is 5.56 Å². The van der Waals surface area contributed by atoms with Gasteiger partial charge in [-0.25, -0.2) is 4.79 Å². The smallest absolute Gasteiger partial charge is 0.337 e. The third kappa shape index (κ3) is 5.89. The van der Waals surface area contributed by atoms with Crippen molar-refractivity contribution in [1.29, 1.82) is 0 Å². The van der Waals surface area contributed by atoms with Crippen molar-refractivity contribution in [2.75, 3.05) is 7.11 Å². The highest BCUT2D eigenvalue weighted by Crippen LogP contribution is 2.21. The van der Waals surface area contributed by atoms with Gasteiger partial charge in [-0.1, -0.05) is 75.5 Å². The molecule has 1 unspecified atom stereocenters. The van der Waals surface area contributed by atoms with Crippen molar-refractivity contribution in [3.63, 3.8) is 0 Å². The molecule has 0 aromatic heterocycles. The van der Waals surface area contributed by atoms with Crippen LogP contribution in [0.25, 0.3) is 0 Å². The molecule has 0 aliphatic heterocycles. The highest BCUT2D eigenvalue weighted by molar-refractivity contribution is 14.1. The van der Waals surface area contributed by atoms with E-state index in [4.69, 9.17) is 10.5 Å². The zero-order chi connectivity index (χ0) is 20.0. The maximum absolute atomic E-state index is 12.6. The second-order valence-corrected chi connectivity index (χ2v) is 7.70. The Bertz CT molecular complexity index is 787. The van der Waals surface area contributed by atoms with Gasteiger partial charge in [0.25, 0.3) is 0 Å². The standard InChI is InChI=1S/C20H22I2N2O3/c1-12(15-3-5-16(6-4-15)20(26)27-2)24-19(25)18(23)17-8-13(10-21)7-14(9-17)11-22/h3-9,12,18H,10-11,23H2,1-2H3,(H,24,25)/t12-,18?/m1/s1. The Labute approximate surface area is 186 Å². The summed E-state index contributed by atoms with van der Waals surface area (Å²) in [6, 6.07) is 12.1. The van der Waals surface area contributed by atoms with Gasteiger partial charge in [-0.05, 0) is 41.3 Å². The van der Waals surface area contributed by atoms with Gasteiger partial charge in [0.15, 0.2) is 0 Å². The Morgan fingerprint density at radius 2 is 1.59 bits per heavy atom. The molecule has 2 atom stereocenters. The first-order valence-electron chi connectivity index (χ1n) is 8.38. The van der Waals surface area contributed by atoms with Gasteiger partial charge in [0, 0.05) is 8.86 Å². The van der Waals surface area contributed by atoms with Crippen molar-refractivity contribution >= 4 is 57.1 Å². The number of nitrogens with one attached hydrogen (secondary N) is 1. The lowest BCUT2D eigenvalue weighted by molar-refractivity contribution is -0.123. The van der Waals surface area contributed by atoms with E-state index in [-0.39, 0.29) is 17.9 Å². The number of halogens is 2. The average molecular weight is 592 g/mol. The van der Waals surface area contributed by atoms with E-state index < -0.39 is 6.04 Å². The minimum absolute atomic E-state index is 0.230. The van der Waals surface area contributed by atoms with Crippen LogP contribution in [0, 0.1) is 0 Å². The number of methoxy groups -OCH3 is 1. The molecule has 0 radical (unpaired) electrons. The van der Waals surface area contributed by atoms with Crippen molar-refractivity contribution < 1.29 is 14.3 Å². The summed E-state index contributed by atoms with van der Waals surface area (Å²) in [4.78, 5) is 24.1. The summed E-state index contributed by atoms with van der Waals surface area (Å²) in [5.41, 5.74) is 10.7. The van der Waals surface area contributed by atoms with Gasteiger partial charge in [-0.2, -0.15) is 0 Å². The lowest BCUT2D eigenvalue weighted by atomic mass is 10.0. The van der Waals surface area contributed by atoms with E-state index in [1.165, 1.54) is 7.11 Å². The van der Waals surface area contributed by atoms with Crippen molar-refractivity contribution in [1.82, 2.24) is 5.32 Å². The number of carbonyl (C=O) groups is 2. The minimum atomic E-state index is -0.730. The third-order valence-corrected chi connectivity index (χ3v) is 5.98. The molecule has 3 N–H and O–H groups in total. The Morgan fingerprint density at radius 3 is 2.07 bits per heavy atom. The molecule has 0 saturated carbocycles. The summed E-state index contributed by atoms with van der Waals surface area (Å²) in [6.45, 7) is 1.88. The summed E-state index contributed by atoms with van der Waals surface area (Å²) < 4.78 is 6.43. The van der Waals surface area contributed by atoms with Crippen LogP contribution in [-0.2, 0) is 18.4 Å². The molecule has 1 amide bonds. The number of hydrogen-bond donors (Lipinski definition) is 2. The van der Waals surface area contributed by atoms with E-state index in [0.717, 1.165) is 31.1 Å². The molecule has 0 spiro atoms. The summed E-state index contributed by atoms with van der Waals surface area (Å²) in [7, 11) is 1.34. The predicted molar refractivity (Wildman–Crippen MR) is 123 cm³/mol. The lowest BCUT2D eigenvalue weighted by Gasteiger charge is -2.19. The molecule has 0 aliphatic rings. The number of nitrogens with two attached hydrogens (primary N) is 1. The monoisotopic (exact) mass is 592 g/mol. The Balaban J connectivity index is 2.10. The van der Waals surface area contributed by atoms with Gasteiger partial charge in [0.05, 0.1) is 18.7 Å². The molecule has 0 saturated heterocycles. The fraction of sp³-hybridized carbons (Fsp3) is 0.300. The number of carbonyl (C=O) groups excluding carboxylic acids is 2. The first kappa shape index (κ1) is 22.1. The van der Waals surface area contributed by atoms with E-state index in [9.17, 15) is 9.59 Å². The van der Waals surface area contributed by atoms with Crippen LogP contribution >= 0.6 is 45.2 Å². The lowest BCUT2D eigenvalue weighted by Crippen LogP contribution is -2.35. The third-order valence-electron chi connectivity index (χ3n) is 4.22. The molecular weight excluding hydrogens is 570 g/mol. The first-order chi connectivity index (χ1) is 12.9. The van der Waals surface area contributed by atoms with Gasteiger partial charge < -0.3 is 15.8 Å². The van der Waals surface area contributed by atoms with Crippen molar-refractivity contribution in [3.05, 3.63) is 70.3 Å². The first-order valence-corrected chi connectivity index (χ1v) is 11.4. The molecule has 5 nitrogen and oxygen atoms in total. The number of rotatable bonds is 7. The van der Waals surface area contributed by atoms with E-state index >= 15 is 0 Å². The maximum Gasteiger partial charge on any atom is 0.337 e. The minimum Gasteiger partial charge on any atom is -0.465 e. The second kappa shape index (κ2) is 10.4. The van der Waals surface area contributed by atoms with Gasteiger partial charge in [0.1, 0.15) is 6.04 Å². The molecule has 0 fully saturated rings. The number of alkyl halides is 2. The van der Waals surface area contributed by atoms with Gasteiger partial charge in [-0.15, -0.1) is 0 Å². The van der Waals surface area contributed by atoms with Crippen LogP contribution < -0.4 is 11.1 Å². The van der Waals surface area contributed by atoms with Crippen LogP contribution in [0.3, 0.4) is 0 Å². The molecule has 0 aliphatic carbocycles. The molecule has 2 aromatic carbocycles.